The molecule has 0 aromatic heterocycles. The molecule has 0 heterocycles. The van der Waals surface area contributed by atoms with Crippen molar-refractivity contribution in [2.45, 2.75) is 12.1 Å². The van der Waals surface area contributed by atoms with Gasteiger partial charge in [-0.2, -0.15) is 0 Å². The van der Waals surface area contributed by atoms with Crippen LogP contribution >= 0.6 is 6.04 Å². The Morgan fingerprint density at radius 1 is 0.800 bits per heavy atom. The Bertz CT molecular complexity index is 867. The van der Waals surface area contributed by atoms with Gasteiger partial charge in [0.05, 0.1) is 11.1 Å². The van der Waals surface area contributed by atoms with Crippen LogP contribution < -0.4 is 15.7 Å². The van der Waals surface area contributed by atoms with Crippen molar-refractivity contribution in [3.63, 3.8) is 0 Å². The lowest BCUT2D eigenvalue weighted by Gasteiger charge is -2.43. The molecule has 0 saturated carbocycles. The van der Waals surface area contributed by atoms with E-state index in [9.17, 15) is 9.90 Å². The van der Waals surface area contributed by atoms with Crippen LogP contribution in [0.25, 0.3) is 0 Å². The van der Waals surface area contributed by atoms with Gasteiger partial charge in [0.25, 0.3) is 0 Å². The average molecular weight is 365 g/mol. The van der Waals surface area contributed by atoms with E-state index in [4.69, 9.17) is 11.8 Å². The van der Waals surface area contributed by atoms with Crippen molar-refractivity contribution in [3.8, 4) is 0 Å². The van der Waals surface area contributed by atoms with Gasteiger partial charge >= 0.3 is 0 Å². The monoisotopic (exact) mass is 365 g/mol. The maximum atomic E-state index is 12.5. The molecular formula is C21H18O2PS-. The van der Waals surface area contributed by atoms with E-state index in [1.54, 1.807) is 6.92 Å². The number of carboxylic acids is 1. The topological polar surface area (TPSA) is 40.1 Å². The summed E-state index contributed by atoms with van der Waals surface area (Å²) in [5.74, 6) is -1.14. The number of hydrogen-bond acceptors (Lipinski definition) is 3. The van der Waals surface area contributed by atoms with Crippen LogP contribution in [0.3, 0.4) is 0 Å². The van der Waals surface area contributed by atoms with Crippen molar-refractivity contribution in [3.05, 3.63) is 96.6 Å². The third-order valence-corrected chi connectivity index (χ3v) is 10.7. The summed E-state index contributed by atoms with van der Waals surface area (Å²) in [6.45, 7) is 1.71. The van der Waals surface area contributed by atoms with Gasteiger partial charge in [-0.15, -0.1) is 0 Å². The molecule has 1 unspecified atom stereocenters. The molecule has 0 aliphatic rings. The van der Waals surface area contributed by atoms with Crippen LogP contribution in [-0.2, 0) is 21.8 Å². The molecule has 3 aromatic carbocycles. The zero-order valence-corrected chi connectivity index (χ0v) is 15.5. The minimum atomic E-state index is -2.75. The summed E-state index contributed by atoms with van der Waals surface area (Å²) < 4.78 is 0. The summed E-state index contributed by atoms with van der Waals surface area (Å²) >= 11 is 6.22. The highest BCUT2D eigenvalue weighted by Crippen LogP contribution is 2.61. The van der Waals surface area contributed by atoms with E-state index in [1.807, 2.05) is 91.0 Å². The first-order valence-electron chi connectivity index (χ1n) is 7.99. The highest BCUT2D eigenvalue weighted by atomic mass is 32.4. The lowest BCUT2D eigenvalue weighted by atomic mass is 10.0. The van der Waals surface area contributed by atoms with E-state index < -0.39 is 17.2 Å². The summed E-state index contributed by atoms with van der Waals surface area (Å²) in [4.78, 5) is 12.5. The molecule has 0 saturated heterocycles. The molecular weight excluding hydrogens is 347 g/mol. The lowest BCUT2D eigenvalue weighted by molar-refractivity contribution is -0.309. The molecule has 0 aliphatic carbocycles. The predicted molar refractivity (Wildman–Crippen MR) is 105 cm³/mol. The maximum Gasteiger partial charge on any atom is 0.0685 e. The van der Waals surface area contributed by atoms with Crippen LogP contribution in [0.15, 0.2) is 91.0 Å². The van der Waals surface area contributed by atoms with E-state index >= 15 is 0 Å². The second kappa shape index (κ2) is 6.95. The summed E-state index contributed by atoms with van der Waals surface area (Å²) in [5, 5.41) is 12.9. The summed E-state index contributed by atoms with van der Waals surface area (Å²) in [6, 6.07) is 25.6. The molecule has 0 aliphatic heterocycles. The Hall–Kier alpha value is -2.22. The Labute approximate surface area is 153 Å². The maximum absolute atomic E-state index is 12.5. The van der Waals surface area contributed by atoms with E-state index in [0.29, 0.717) is 5.56 Å². The van der Waals surface area contributed by atoms with Crippen LogP contribution in [0.4, 0.5) is 0 Å². The molecule has 0 spiro atoms. The van der Waals surface area contributed by atoms with Crippen molar-refractivity contribution < 1.29 is 9.90 Å². The molecule has 0 radical (unpaired) electrons. The van der Waals surface area contributed by atoms with Crippen LogP contribution in [0.2, 0.25) is 0 Å². The summed E-state index contributed by atoms with van der Waals surface area (Å²) in [6.07, 6.45) is 0. The Morgan fingerprint density at radius 2 is 1.16 bits per heavy atom. The van der Waals surface area contributed by atoms with Gasteiger partial charge in [-0.25, -0.2) is 0 Å². The highest BCUT2D eigenvalue weighted by Gasteiger charge is 2.45. The quantitative estimate of drug-likeness (QED) is 0.653. The number of benzene rings is 3. The van der Waals surface area contributed by atoms with Gasteiger partial charge in [0.15, 0.2) is 0 Å². The van der Waals surface area contributed by atoms with Gasteiger partial charge in [0.1, 0.15) is 0 Å². The van der Waals surface area contributed by atoms with Gasteiger partial charge in [-0.3, -0.25) is 0 Å². The van der Waals surface area contributed by atoms with Crippen molar-refractivity contribution in [1.29, 1.82) is 0 Å². The summed E-state index contributed by atoms with van der Waals surface area (Å²) in [7, 11) is 0. The van der Waals surface area contributed by atoms with Gasteiger partial charge < -0.3 is 9.90 Å². The Morgan fingerprint density at radius 3 is 1.52 bits per heavy atom. The number of carbonyl (C=O) groups is 1. The molecule has 25 heavy (non-hydrogen) atoms. The normalized spacial score (nSPS) is 13.8. The molecule has 0 bridgehead atoms. The number of aliphatic carboxylic acids is 1. The van der Waals surface area contributed by atoms with Gasteiger partial charge in [-0.1, -0.05) is 103 Å². The standard InChI is InChI=1S/C21H19O2PS/c1-21(20(22)23,17-11-5-2-6-12-17)24(25,18-13-7-3-8-14-18)19-15-9-4-10-16-19/h2-16H,1H3,(H,22,23)/p-1. The fourth-order valence-electron chi connectivity index (χ4n) is 3.13. The largest absolute Gasteiger partial charge is 0.549 e. The van der Waals surface area contributed by atoms with Crippen LogP contribution in [0, 0.1) is 0 Å². The first-order valence-corrected chi connectivity index (χ1v) is 10.8. The fraction of sp³-hybridized carbons (Fsp3) is 0.0952. The van der Waals surface area contributed by atoms with Crippen LogP contribution in [0.1, 0.15) is 12.5 Å². The van der Waals surface area contributed by atoms with Crippen molar-refractivity contribution in [1.82, 2.24) is 0 Å². The number of hydrogen-bond donors (Lipinski definition) is 0. The smallest absolute Gasteiger partial charge is 0.0685 e. The molecule has 1 atom stereocenters. The highest BCUT2D eigenvalue weighted by molar-refractivity contribution is 8.22. The van der Waals surface area contributed by atoms with E-state index in [1.165, 1.54) is 0 Å². The fourth-order valence-corrected chi connectivity index (χ4v) is 7.69. The first-order chi connectivity index (χ1) is 12.0. The van der Waals surface area contributed by atoms with Gasteiger partial charge in [0.2, 0.25) is 0 Å². The second-order valence-electron chi connectivity index (χ2n) is 6.01. The molecule has 3 aromatic rings. The van der Waals surface area contributed by atoms with Crippen molar-refractivity contribution in [2.24, 2.45) is 0 Å². The predicted octanol–water partition coefficient (Wildman–Crippen LogP) is 2.78. The van der Waals surface area contributed by atoms with Crippen molar-refractivity contribution >= 4 is 34.4 Å². The van der Waals surface area contributed by atoms with Gasteiger partial charge in [-0.05, 0) is 23.1 Å². The van der Waals surface area contributed by atoms with Gasteiger partial charge in [0, 0.05) is 6.04 Å². The minimum absolute atomic E-state index is 0.672. The van der Waals surface area contributed by atoms with Crippen LogP contribution in [-0.4, -0.2) is 5.97 Å². The first kappa shape index (κ1) is 17.6. The molecule has 0 N–H and O–H groups in total. The minimum Gasteiger partial charge on any atom is -0.549 e. The number of carboxylic acid groups (broad SMARTS) is 1. The number of carbonyl (C=O) groups excluding carboxylic acids is 1. The average Bonchev–Trinajstić information content (AvgIpc) is 2.68. The molecule has 126 valence electrons. The zero-order chi connectivity index (χ0) is 17.9. The van der Waals surface area contributed by atoms with E-state index in [0.717, 1.165) is 10.6 Å². The number of rotatable bonds is 5. The summed E-state index contributed by atoms with van der Waals surface area (Å²) in [5.41, 5.74) is 0.672. The van der Waals surface area contributed by atoms with Crippen LogP contribution in [0.5, 0.6) is 0 Å². The van der Waals surface area contributed by atoms with E-state index in [-0.39, 0.29) is 0 Å². The van der Waals surface area contributed by atoms with Crippen molar-refractivity contribution in [2.75, 3.05) is 0 Å². The molecule has 0 fully saturated rings. The molecule has 2 nitrogen and oxygen atoms in total. The SMILES string of the molecule is CC(C(=O)[O-])(c1ccccc1)P(=S)(c1ccccc1)c1ccccc1. The molecule has 0 amide bonds. The van der Waals surface area contributed by atoms with E-state index in [2.05, 4.69) is 0 Å². The molecule has 3 rings (SSSR count). The zero-order valence-electron chi connectivity index (χ0n) is 13.8. The molecule has 4 heteroatoms. The lowest BCUT2D eigenvalue weighted by Crippen LogP contribution is -2.47. The third-order valence-electron chi connectivity index (χ3n) is 4.60. The Balaban J connectivity index is 2.38. The Kier molecular flexibility index (Phi) is 4.89. The third kappa shape index (κ3) is 2.84. The second-order valence-corrected chi connectivity index (χ2v) is 10.8.